The van der Waals surface area contributed by atoms with E-state index in [9.17, 15) is 4.79 Å². The number of rotatable bonds is 4. The molecule has 0 radical (unpaired) electrons. The van der Waals surface area contributed by atoms with Crippen LogP contribution in [-0.4, -0.2) is 36.9 Å². The van der Waals surface area contributed by atoms with Gasteiger partial charge in [-0.2, -0.15) is 0 Å². The molecule has 35 heavy (non-hydrogen) atoms. The predicted octanol–water partition coefficient (Wildman–Crippen LogP) is 6.02. The van der Waals surface area contributed by atoms with Crippen LogP contribution in [0.3, 0.4) is 0 Å². The van der Waals surface area contributed by atoms with E-state index in [1.54, 1.807) is 17.5 Å². The maximum atomic E-state index is 12.6. The van der Waals surface area contributed by atoms with Crippen LogP contribution in [0.5, 0.6) is 0 Å². The molecule has 4 heterocycles. The van der Waals surface area contributed by atoms with Gasteiger partial charge in [0.05, 0.1) is 45.6 Å². The maximum absolute atomic E-state index is 12.6. The van der Waals surface area contributed by atoms with Gasteiger partial charge < -0.3 is 9.47 Å². The van der Waals surface area contributed by atoms with Crippen LogP contribution in [-0.2, 0) is 17.9 Å². The molecule has 1 aliphatic heterocycles. The van der Waals surface area contributed by atoms with Gasteiger partial charge in [0.25, 0.3) is 0 Å². The zero-order valence-corrected chi connectivity index (χ0v) is 20.9. The van der Waals surface area contributed by atoms with Crippen molar-refractivity contribution in [3.8, 4) is 21.8 Å². The van der Waals surface area contributed by atoms with Gasteiger partial charge in [-0.3, -0.25) is 9.78 Å². The molecule has 0 unspecified atom stereocenters. The SMILES string of the molecule is [C-]#[N+]c1cc2c(-c3nc(C4CC4)n4c3CN(C(=O)CC)CC4)c(C)ccc2nc1-c1cnc(C)s1. The number of hydrogen-bond donors (Lipinski definition) is 0. The zero-order valence-electron chi connectivity index (χ0n) is 20.1. The Labute approximate surface area is 208 Å². The number of benzene rings is 1. The Balaban J connectivity index is 1.57. The number of nitrogens with zero attached hydrogens (tertiary/aromatic N) is 6. The molecular formula is C27H26N6OS. The van der Waals surface area contributed by atoms with Crippen LogP contribution in [0.25, 0.3) is 37.6 Å². The highest BCUT2D eigenvalue weighted by molar-refractivity contribution is 7.15. The fourth-order valence-electron chi connectivity index (χ4n) is 5.08. The monoisotopic (exact) mass is 482 g/mol. The molecule has 2 aliphatic rings. The smallest absolute Gasteiger partial charge is 0.222 e. The fraction of sp³-hybridized carbons (Fsp3) is 0.370. The highest BCUT2D eigenvalue weighted by atomic mass is 32.1. The minimum Gasteiger partial charge on any atom is -0.335 e. The summed E-state index contributed by atoms with van der Waals surface area (Å²) in [6.45, 7) is 15.9. The Kier molecular flexibility index (Phi) is 5.19. The molecular weight excluding hydrogens is 456 g/mol. The molecule has 8 heteroatoms. The minimum absolute atomic E-state index is 0.174. The molecule has 1 amide bonds. The largest absolute Gasteiger partial charge is 0.335 e. The van der Waals surface area contributed by atoms with E-state index in [1.165, 1.54) is 12.8 Å². The van der Waals surface area contributed by atoms with Gasteiger partial charge in [0.1, 0.15) is 5.82 Å². The number of aryl methyl sites for hydroxylation is 2. The van der Waals surface area contributed by atoms with Gasteiger partial charge in [0, 0.05) is 37.2 Å². The Hall–Kier alpha value is -3.57. The highest BCUT2D eigenvalue weighted by Crippen LogP contribution is 2.45. The lowest BCUT2D eigenvalue weighted by Crippen LogP contribution is -2.38. The van der Waals surface area contributed by atoms with Crippen molar-refractivity contribution in [2.75, 3.05) is 6.54 Å². The maximum Gasteiger partial charge on any atom is 0.222 e. The van der Waals surface area contributed by atoms with Crippen molar-refractivity contribution in [2.24, 2.45) is 0 Å². The molecule has 1 saturated carbocycles. The fourth-order valence-corrected chi connectivity index (χ4v) is 5.86. The third-order valence-electron chi connectivity index (χ3n) is 7.03. The predicted molar refractivity (Wildman–Crippen MR) is 137 cm³/mol. The summed E-state index contributed by atoms with van der Waals surface area (Å²) in [6.07, 6.45) is 4.64. The highest BCUT2D eigenvalue weighted by Gasteiger charge is 2.35. The van der Waals surface area contributed by atoms with E-state index in [4.69, 9.17) is 16.5 Å². The number of carbonyl (C=O) groups is 1. The summed E-state index contributed by atoms with van der Waals surface area (Å²) in [5, 5.41) is 1.88. The molecule has 1 fully saturated rings. The number of fused-ring (bicyclic) bond motifs is 2. The number of hydrogen-bond acceptors (Lipinski definition) is 5. The first-order valence-electron chi connectivity index (χ1n) is 12.1. The third-order valence-corrected chi connectivity index (χ3v) is 7.95. The Bertz CT molecular complexity index is 1540. The van der Waals surface area contributed by atoms with E-state index in [2.05, 4.69) is 27.4 Å². The average molecular weight is 483 g/mol. The topological polar surface area (TPSA) is 68.3 Å². The van der Waals surface area contributed by atoms with Crippen molar-refractivity contribution in [2.45, 2.75) is 59.0 Å². The summed E-state index contributed by atoms with van der Waals surface area (Å²) in [5.41, 5.74) is 6.19. The first kappa shape index (κ1) is 21.9. The van der Waals surface area contributed by atoms with Crippen molar-refractivity contribution in [3.63, 3.8) is 0 Å². The first-order valence-corrected chi connectivity index (χ1v) is 12.9. The van der Waals surface area contributed by atoms with Gasteiger partial charge in [0.2, 0.25) is 11.6 Å². The average Bonchev–Trinajstić information content (AvgIpc) is 3.52. The van der Waals surface area contributed by atoms with E-state index in [1.807, 2.05) is 30.9 Å². The van der Waals surface area contributed by atoms with Crippen LogP contribution in [0.15, 0.2) is 24.4 Å². The standard InChI is InChI=1S/C27H26N6OS/c1-5-23(34)32-10-11-33-21(14-32)26(31-27(33)17-7-8-17)24-15(2)6-9-19-18(24)12-20(28-4)25(30-19)22-13-29-16(3)35-22/h6,9,12-13,17H,5,7-8,10-11,14H2,1-3H3. The van der Waals surface area contributed by atoms with Gasteiger partial charge in [-0.15, -0.1) is 11.3 Å². The van der Waals surface area contributed by atoms with Crippen LogP contribution in [0, 0.1) is 20.4 Å². The number of pyridine rings is 1. The third kappa shape index (κ3) is 3.62. The van der Waals surface area contributed by atoms with Crippen molar-refractivity contribution in [3.05, 3.63) is 57.9 Å². The van der Waals surface area contributed by atoms with Gasteiger partial charge in [-0.05, 0) is 49.8 Å². The molecule has 0 bridgehead atoms. The Morgan fingerprint density at radius 2 is 2.03 bits per heavy atom. The molecule has 0 spiro atoms. The molecule has 1 aromatic carbocycles. The molecule has 4 aromatic rings. The lowest BCUT2D eigenvalue weighted by molar-refractivity contribution is -0.132. The van der Waals surface area contributed by atoms with Crippen molar-refractivity contribution >= 4 is 33.8 Å². The summed E-state index contributed by atoms with van der Waals surface area (Å²) in [4.78, 5) is 33.8. The molecule has 3 aromatic heterocycles. The van der Waals surface area contributed by atoms with Gasteiger partial charge >= 0.3 is 0 Å². The van der Waals surface area contributed by atoms with E-state index in [-0.39, 0.29) is 5.91 Å². The van der Waals surface area contributed by atoms with Crippen molar-refractivity contribution in [1.29, 1.82) is 0 Å². The van der Waals surface area contributed by atoms with E-state index in [0.717, 1.165) is 62.2 Å². The summed E-state index contributed by atoms with van der Waals surface area (Å²) < 4.78 is 2.35. The first-order chi connectivity index (χ1) is 17.0. The normalized spacial score (nSPS) is 15.3. The molecule has 0 N–H and O–H groups in total. The molecule has 6 rings (SSSR count). The van der Waals surface area contributed by atoms with Gasteiger partial charge in [0.15, 0.2) is 0 Å². The van der Waals surface area contributed by atoms with Crippen LogP contribution >= 0.6 is 11.3 Å². The van der Waals surface area contributed by atoms with Gasteiger partial charge in [-0.1, -0.05) is 13.0 Å². The lowest BCUT2D eigenvalue weighted by atomic mass is 9.97. The second kappa shape index (κ2) is 8.28. The molecule has 1 aliphatic carbocycles. The summed E-state index contributed by atoms with van der Waals surface area (Å²) in [6, 6.07) is 6.07. The molecule has 0 saturated heterocycles. The van der Waals surface area contributed by atoms with Crippen LogP contribution < -0.4 is 0 Å². The van der Waals surface area contributed by atoms with Crippen LogP contribution in [0.1, 0.15) is 54.2 Å². The number of carbonyl (C=O) groups excluding carboxylic acids is 1. The van der Waals surface area contributed by atoms with Crippen LogP contribution in [0.2, 0.25) is 0 Å². The van der Waals surface area contributed by atoms with Crippen LogP contribution in [0.4, 0.5) is 5.69 Å². The number of amides is 1. The quantitative estimate of drug-likeness (QED) is 0.334. The second-order valence-electron chi connectivity index (χ2n) is 9.40. The number of imidazole rings is 1. The van der Waals surface area contributed by atoms with E-state index >= 15 is 0 Å². The minimum atomic E-state index is 0.174. The van der Waals surface area contributed by atoms with E-state index < -0.39 is 0 Å². The van der Waals surface area contributed by atoms with Crippen molar-refractivity contribution < 1.29 is 4.79 Å². The Morgan fingerprint density at radius 1 is 1.20 bits per heavy atom. The zero-order chi connectivity index (χ0) is 24.3. The molecule has 0 atom stereocenters. The second-order valence-corrected chi connectivity index (χ2v) is 10.6. The summed E-state index contributed by atoms with van der Waals surface area (Å²) in [7, 11) is 0. The molecule has 176 valence electrons. The number of aromatic nitrogens is 4. The Morgan fingerprint density at radius 3 is 2.71 bits per heavy atom. The van der Waals surface area contributed by atoms with Crippen molar-refractivity contribution in [1.82, 2.24) is 24.4 Å². The van der Waals surface area contributed by atoms with E-state index in [0.29, 0.717) is 30.3 Å². The summed E-state index contributed by atoms with van der Waals surface area (Å²) >= 11 is 1.55. The summed E-state index contributed by atoms with van der Waals surface area (Å²) in [5.74, 6) is 1.82. The molecule has 7 nitrogen and oxygen atoms in total. The van der Waals surface area contributed by atoms with Gasteiger partial charge in [-0.25, -0.2) is 14.8 Å². The number of thiazole rings is 1. The lowest BCUT2D eigenvalue weighted by Gasteiger charge is -2.29.